The van der Waals surface area contributed by atoms with Gasteiger partial charge >= 0.3 is 0 Å². The van der Waals surface area contributed by atoms with E-state index in [2.05, 4.69) is 24.5 Å². The zero-order valence-corrected chi connectivity index (χ0v) is 34.0. The molecule has 0 saturated carbocycles. The average Bonchev–Trinajstić information content (AvgIpc) is 3.12. The van der Waals surface area contributed by atoms with E-state index in [4.69, 9.17) is 4.74 Å². The van der Waals surface area contributed by atoms with Gasteiger partial charge in [0.05, 0.1) is 12.3 Å². The molecule has 0 heterocycles. The molecule has 0 aromatic rings. The van der Waals surface area contributed by atoms with Crippen LogP contribution in [-0.2, 0) is 14.3 Å². The molecule has 0 aliphatic heterocycles. The van der Waals surface area contributed by atoms with Crippen molar-refractivity contribution in [3.05, 3.63) is 22.7 Å². The van der Waals surface area contributed by atoms with Crippen molar-refractivity contribution in [3.63, 3.8) is 0 Å². The predicted octanol–water partition coefficient (Wildman–Crippen LogP) is 13.4. The lowest BCUT2D eigenvalue weighted by molar-refractivity contribution is -0.119. The first-order chi connectivity index (χ1) is 24.6. The number of Topliss-reactive ketones (excluding diaryl/α,β-unsaturated/α-hetero) is 2. The van der Waals surface area contributed by atoms with Crippen LogP contribution < -0.4 is 10.6 Å². The Balaban J connectivity index is 2.13. The van der Waals surface area contributed by atoms with E-state index in [1.807, 2.05) is 6.92 Å². The topological polar surface area (TPSA) is 67.4 Å². The molecule has 0 saturated heterocycles. The first-order valence-electron chi connectivity index (χ1n) is 22.2. The first kappa shape index (κ1) is 46.2. The van der Waals surface area contributed by atoms with Gasteiger partial charge in [0.25, 0.3) is 0 Å². The number of rotatable bonds is 38. The Labute approximate surface area is 311 Å². The van der Waals surface area contributed by atoms with Crippen LogP contribution in [0.2, 0.25) is 0 Å². The van der Waals surface area contributed by atoms with Crippen LogP contribution in [0, 0.1) is 0 Å². The number of carbonyl (C=O) groups is 2. The van der Waals surface area contributed by atoms with Crippen molar-refractivity contribution in [2.75, 3.05) is 19.7 Å². The van der Waals surface area contributed by atoms with Gasteiger partial charge in [-0.2, -0.15) is 0 Å². The van der Waals surface area contributed by atoms with Gasteiger partial charge in [0, 0.05) is 18.7 Å². The van der Waals surface area contributed by atoms with Gasteiger partial charge in [-0.1, -0.05) is 206 Å². The third-order valence-corrected chi connectivity index (χ3v) is 10.6. The second-order valence-corrected chi connectivity index (χ2v) is 15.3. The van der Waals surface area contributed by atoms with Gasteiger partial charge in [0.15, 0.2) is 5.76 Å². The molecule has 1 aliphatic rings. The Morgan fingerprint density at radius 1 is 0.380 bits per heavy atom. The fraction of sp³-hybridized carbons (Fsp3) is 0.867. The molecule has 0 aromatic heterocycles. The van der Waals surface area contributed by atoms with Crippen LogP contribution in [0.5, 0.6) is 0 Å². The molecular weight excluding hydrogens is 617 g/mol. The van der Waals surface area contributed by atoms with Crippen LogP contribution in [0.25, 0.3) is 0 Å². The molecule has 1 rings (SSSR count). The lowest BCUT2D eigenvalue weighted by Crippen LogP contribution is -2.37. The summed E-state index contributed by atoms with van der Waals surface area (Å²) in [4.78, 5) is 26.7. The number of hydrogen-bond donors (Lipinski definition) is 2. The van der Waals surface area contributed by atoms with Crippen molar-refractivity contribution in [1.82, 2.24) is 10.6 Å². The molecule has 0 unspecified atom stereocenters. The minimum absolute atomic E-state index is 0.112. The summed E-state index contributed by atoms with van der Waals surface area (Å²) >= 11 is 0. The number of allylic oxidation sites excluding steroid dienone is 1. The van der Waals surface area contributed by atoms with Crippen molar-refractivity contribution in [2.45, 2.75) is 233 Å². The Bertz CT molecular complexity index is 893. The molecule has 0 fully saturated rings. The van der Waals surface area contributed by atoms with Crippen molar-refractivity contribution < 1.29 is 14.3 Å². The van der Waals surface area contributed by atoms with Gasteiger partial charge in [-0.25, -0.2) is 0 Å². The molecule has 0 atom stereocenters. The fourth-order valence-electron chi connectivity index (χ4n) is 7.23. The number of carbonyl (C=O) groups excluding carboxylic acids is 2. The molecule has 5 heteroatoms. The van der Waals surface area contributed by atoms with E-state index in [1.165, 1.54) is 180 Å². The molecule has 1 aliphatic carbocycles. The molecule has 0 amide bonds. The third kappa shape index (κ3) is 23.6. The van der Waals surface area contributed by atoms with Gasteiger partial charge in [-0.15, -0.1) is 0 Å². The molecule has 0 aromatic carbocycles. The number of hydrogen-bond acceptors (Lipinski definition) is 5. The highest BCUT2D eigenvalue weighted by Gasteiger charge is 2.34. The number of unbranched alkanes of at least 4 members (excludes halogenated alkanes) is 30. The van der Waals surface area contributed by atoms with Crippen molar-refractivity contribution in [1.29, 1.82) is 0 Å². The van der Waals surface area contributed by atoms with Crippen LogP contribution in [0.1, 0.15) is 233 Å². The van der Waals surface area contributed by atoms with E-state index in [0.717, 1.165) is 25.7 Å². The lowest BCUT2D eigenvalue weighted by Gasteiger charge is -2.23. The number of ether oxygens (including phenoxy) is 1. The summed E-state index contributed by atoms with van der Waals surface area (Å²) in [7, 11) is 0. The molecule has 2 N–H and O–H groups in total. The molecule has 0 bridgehead atoms. The first-order valence-corrected chi connectivity index (χ1v) is 22.2. The molecule has 50 heavy (non-hydrogen) atoms. The van der Waals surface area contributed by atoms with E-state index in [1.54, 1.807) is 6.92 Å². The maximum Gasteiger partial charge on any atom is 0.246 e. The van der Waals surface area contributed by atoms with Crippen LogP contribution in [-0.4, -0.2) is 31.3 Å². The maximum atomic E-state index is 13.4. The highest BCUT2D eigenvalue weighted by atomic mass is 16.5. The zero-order valence-electron chi connectivity index (χ0n) is 34.0. The minimum atomic E-state index is -0.185. The molecular formula is C45H84N2O3. The molecule has 0 radical (unpaired) electrons. The maximum absolute atomic E-state index is 13.4. The average molecular weight is 701 g/mol. The Kier molecular flexibility index (Phi) is 31.7. The molecule has 5 nitrogen and oxygen atoms in total. The third-order valence-electron chi connectivity index (χ3n) is 10.6. The van der Waals surface area contributed by atoms with Gasteiger partial charge in [0.1, 0.15) is 5.70 Å². The Morgan fingerprint density at radius 2 is 0.660 bits per heavy atom. The predicted molar refractivity (Wildman–Crippen MR) is 216 cm³/mol. The monoisotopic (exact) mass is 701 g/mol. The number of ketones is 2. The van der Waals surface area contributed by atoms with Crippen LogP contribution in [0.3, 0.4) is 0 Å². The summed E-state index contributed by atoms with van der Waals surface area (Å²) < 4.78 is 5.75. The number of nitrogens with one attached hydrogen (secondary N) is 2. The van der Waals surface area contributed by atoms with Gasteiger partial charge in [-0.05, 0) is 26.7 Å². The van der Waals surface area contributed by atoms with Gasteiger partial charge in [-0.3, -0.25) is 9.59 Å². The van der Waals surface area contributed by atoms with E-state index < -0.39 is 0 Å². The summed E-state index contributed by atoms with van der Waals surface area (Å²) in [5.74, 6) is -0.108. The quantitative estimate of drug-likeness (QED) is 0.0496. The second-order valence-electron chi connectivity index (χ2n) is 15.3. The SMILES string of the molecule is CCCCCCCCCCCCCCCCCCNC1=C(C)C(=O)C(NCCCCCCCCCCCCCCCCCC)=C(OCC)C1=O. The summed E-state index contributed by atoms with van der Waals surface area (Å²) in [6.07, 6.45) is 42.8. The van der Waals surface area contributed by atoms with Crippen LogP contribution >= 0.6 is 0 Å². The van der Waals surface area contributed by atoms with Crippen LogP contribution in [0.15, 0.2) is 22.7 Å². The normalized spacial score (nSPS) is 13.5. The largest absolute Gasteiger partial charge is 0.488 e. The van der Waals surface area contributed by atoms with E-state index in [-0.39, 0.29) is 17.3 Å². The van der Waals surface area contributed by atoms with Crippen LogP contribution in [0.4, 0.5) is 0 Å². The smallest absolute Gasteiger partial charge is 0.246 e. The van der Waals surface area contributed by atoms with Crippen molar-refractivity contribution in [3.8, 4) is 0 Å². The Hall–Kier alpha value is -1.78. The summed E-state index contributed by atoms with van der Waals surface area (Å²) in [5, 5.41) is 6.59. The van der Waals surface area contributed by atoms with Crippen molar-refractivity contribution >= 4 is 11.6 Å². The van der Waals surface area contributed by atoms with E-state index in [9.17, 15) is 9.59 Å². The highest BCUT2D eigenvalue weighted by molar-refractivity contribution is 6.23. The van der Waals surface area contributed by atoms with E-state index in [0.29, 0.717) is 36.7 Å². The summed E-state index contributed by atoms with van der Waals surface area (Å²) in [5.41, 5.74) is 1.28. The fourth-order valence-corrected chi connectivity index (χ4v) is 7.23. The standard InChI is InChI=1S/C45H84N2O3/c1-5-8-10-12-14-16-18-20-22-24-26-28-30-32-34-36-38-46-41-40(4)43(48)42(45(44(41)49)50-7-3)47-39-37-35-33-31-29-27-25-23-21-19-17-15-13-11-9-6-2/h46-47H,5-39H2,1-4H3. The second kappa shape index (κ2) is 34.3. The minimum Gasteiger partial charge on any atom is -0.488 e. The van der Waals surface area contributed by atoms with Gasteiger partial charge < -0.3 is 15.4 Å². The lowest BCUT2D eigenvalue weighted by atomic mass is 9.96. The molecule has 0 spiro atoms. The Morgan fingerprint density at radius 3 is 0.960 bits per heavy atom. The van der Waals surface area contributed by atoms with Gasteiger partial charge in [0.2, 0.25) is 11.6 Å². The van der Waals surface area contributed by atoms with E-state index >= 15 is 0 Å². The van der Waals surface area contributed by atoms with Crippen molar-refractivity contribution in [2.24, 2.45) is 0 Å². The summed E-state index contributed by atoms with van der Waals surface area (Å²) in [6, 6.07) is 0. The zero-order chi connectivity index (χ0) is 36.3. The highest BCUT2D eigenvalue weighted by Crippen LogP contribution is 2.23. The molecule has 292 valence electrons. The summed E-state index contributed by atoms with van der Waals surface area (Å²) in [6.45, 7) is 9.98.